The second kappa shape index (κ2) is 7.19. The summed E-state index contributed by atoms with van der Waals surface area (Å²) in [5.74, 6) is -0.263. The van der Waals surface area contributed by atoms with Crippen LogP contribution >= 0.6 is 27.3 Å². The number of ether oxygens (including phenoxy) is 1. The summed E-state index contributed by atoms with van der Waals surface area (Å²) in [7, 11) is 0. The van der Waals surface area contributed by atoms with Gasteiger partial charge in [-0.25, -0.2) is 0 Å². The van der Waals surface area contributed by atoms with Crippen molar-refractivity contribution in [2.75, 3.05) is 26.3 Å². The molecule has 7 heteroatoms. The minimum Gasteiger partial charge on any atom is -0.377 e. The molecule has 1 atom stereocenters. The molecule has 1 unspecified atom stereocenters. The van der Waals surface area contributed by atoms with E-state index in [0.717, 1.165) is 10.2 Å². The Morgan fingerprint density at radius 3 is 3.05 bits per heavy atom. The van der Waals surface area contributed by atoms with Crippen molar-refractivity contribution in [3.8, 4) is 0 Å². The van der Waals surface area contributed by atoms with E-state index < -0.39 is 6.04 Å². The lowest BCUT2D eigenvalue weighted by Gasteiger charge is -2.34. The van der Waals surface area contributed by atoms with Crippen molar-refractivity contribution in [1.29, 1.82) is 0 Å². The lowest BCUT2D eigenvalue weighted by atomic mass is 10.1. The van der Waals surface area contributed by atoms with E-state index in [1.54, 1.807) is 16.3 Å². The summed E-state index contributed by atoms with van der Waals surface area (Å²) >= 11 is 4.80. The zero-order chi connectivity index (χ0) is 14.5. The van der Waals surface area contributed by atoms with Crippen molar-refractivity contribution >= 4 is 39.1 Å². The Kier molecular flexibility index (Phi) is 5.56. The number of amides is 2. The number of halogens is 1. The van der Waals surface area contributed by atoms with Crippen LogP contribution in [0.1, 0.15) is 23.7 Å². The number of nitrogens with one attached hydrogen (secondary N) is 1. The molecule has 2 amide bonds. The van der Waals surface area contributed by atoms with Crippen LogP contribution < -0.4 is 5.32 Å². The number of thiophene rings is 1. The van der Waals surface area contributed by atoms with Gasteiger partial charge in [-0.15, -0.1) is 11.3 Å². The first kappa shape index (κ1) is 15.5. The van der Waals surface area contributed by atoms with Crippen molar-refractivity contribution in [2.45, 2.75) is 19.4 Å². The normalized spacial score (nSPS) is 18.9. The van der Waals surface area contributed by atoms with Crippen LogP contribution in [0.2, 0.25) is 0 Å². The highest BCUT2D eigenvalue weighted by Gasteiger charge is 2.33. The molecular weight excluding hydrogens is 344 g/mol. The van der Waals surface area contributed by atoms with Gasteiger partial charge in [0.25, 0.3) is 5.91 Å². The minimum atomic E-state index is -0.540. The molecule has 2 heterocycles. The van der Waals surface area contributed by atoms with E-state index in [9.17, 15) is 9.59 Å². The maximum Gasteiger partial charge on any atom is 0.255 e. The Labute approximate surface area is 130 Å². The van der Waals surface area contributed by atoms with E-state index in [1.807, 2.05) is 6.92 Å². The summed E-state index contributed by atoms with van der Waals surface area (Å²) in [5.41, 5.74) is 0.608. The molecule has 1 aliphatic heterocycles. The van der Waals surface area contributed by atoms with E-state index >= 15 is 0 Å². The molecule has 1 N–H and O–H groups in total. The maximum absolute atomic E-state index is 12.5. The van der Waals surface area contributed by atoms with Gasteiger partial charge in [-0.05, 0) is 28.4 Å². The van der Waals surface area contributed by atoms with Gasteiger partial charge in [0, 0.05) is 18.5 Å². The number of hydrogen-bond acceptors (Lipinski definition) is 4. The molecule has 1 fully saturated rings. The van der Waals surface area contributed by atoms with Crippen LogP contribution in [0.4, 0.5) is 0 Å². The molecule has 0 bridgehead atoms. The predicted octanol–water partition coefficient (Wildman–Crippen LogP) is 1.88. The number of carbonyl (C=O) groups excluding carboxylic acids is 2. The molecule has 0 spiro atoms. The van der Waals surface area contributed by atoms with Crippen molar-refractivity contribution in [3.05, 3.63) is 20.8 Å². The highest BCUT2D eigenvalue weighted by Crippen LogP contribution is 2.23. The molecule has 1 aliphatic rings. The zero-order valence-electron chi connectivity index (χ0n) is 11.2. The van der Waals surface area contributed by atoms with Crippen molar-refractivity contribution in [1.82, 2.24) is 10.2 Å². The van der Waals surface area contributed by atoms with Crippen LogP contribution in [0.5, 0.6) is 0 Å². The zero-order valence-corrected chi connectivity index (χ0v) is 13.6. The molecule has 5 nitrogen and oxygen atoms in total. The smallest absolute Gasteiger partial charge is 0.255 e. The first-order chi connectivity index (χ1) is 9.63. The molecule has 1 saturated heterocycles. The van der Waals surface area contributed by atoms with Gasteiger partial charge in [0.15, 0.2) is 0 Å². The fourth-order valence-electron chi connectivity index (χ4n) is 2.02. The number of nitrogens with zero attached hydrogens (tertiary/aromatic N) is 1. The second-order valence-electron chi connectivity index (χ2n) is 4.52. The minimum absolute atomic E-state index is 0.119. The van der Waals surface area contributed by atoms with Crippen LogP contribution in [-0.4, -0.2) is 49.1 Å². The van der Waals surface area contributed by atoms with Crippen LogP contribution in [-0.2, 0) is 9.53 Å². The number of hydrogen-bond donors (Lipinski definition) is 1. The van der Waals surface area contributed by atoms with Gasteiger partial charge in [0.2, 0.25) is 5.91 Å². The SMILES string of the molecule is CCCNC(=O)C1COCCN1C(=O)c1csc(Br)c1. The Balaban J connectivity index is 2.10. The highest BCUT2D eigenvalue weighted by atomic mass is 79.9. The van der Waals surface area contributed by atoms with Gasteiger partial charge in [0.05, 0.1) is 22.6 Å². The summed E-state index contributed by atoms with van der Waals surface area (Å²) in [5, 5.41) is 4.62. The standard InChI is InChI=1S/C13H17BrN2O3S/c1-2-3-15-12(17)10-7-19-5-4-16(10)13(18)9-6-11(14)20-8-9/h6,8,10H,2-5,7H2,1H3,(H,15,17). The quantitative estimate of drug-likeness (QED) is 0.891. The molecule has 0 radical (unpaired) electrons. The second-order valence-corrected chi connectivity index (χ2v) is 6.81. The van der Waals surface area contributed by atoms with E-state index in [0.29, 0.717) is 25.3 Å². The van der Waals surface area contributed by atoms with Crippen LogP contribution in [0, 0.1) is 0 Å². The van der Waals surface area contributed by atoms with Gasteiger partial charge in [-0.3, -0.25) is 9.59 Å². The van der Waals surface area contributed by atoms with Crippen LogP contribution in [0.25, 0.3) is 0 Å². The largest absolute Gasteiger partial charge is 0.377 e. The summed E-state index contributed by atoms with van der Waals surface area (Å²) in [4.78, 5) is 26.2. The van der Waals surface area contributed by atoms with Gasteiger partial charge >= 0.3 is 0 Å². The summed E-state index contributed by atoms with van der Waals surface area (Å²) in [6.45, 7) is 3.77. The van der Waals surface area contributed by atoms with Gasteiger partial charge in [-0.2, -0.15) is 0 Å². The molecule has 1 aromatic rings. The topological polar surface area (TPSA) is 58.6 Å². The third kappa shape index (κ3) is 3.59. The molecule has 20 heavy (non-hydrogen) atoms. The maximum atomic E-state index is 12.5. The van der Waals surface area contributed by atoms with Crippen molar-refractivity contribution in [3.63, 3.8) is 0 Å². The Morgan fingerprint density at radius 2 is 2.40 bits per heavy atom. The molecule has 0 saturated carbocycles. The first-order valence-electron chi connectivity index (χ1n) is 6.54. The van der Waals surface area contributed by atoms with Crippen molar-refractivity contribution in [2.24, 2.45) is 0 Å². The lowest BCUT2D eigenvalue weighted by Crippen LogP contribution is -2.55. The number of rotatable bonds is 4. The molecule has 0 aromatic carbocycles. The predicted molar refractivity (Wildman–Crippen MR) is 81.0 cm³/mol. The monoisotopic (exact) mass is 360 g/mol. The number of morpholine rings is 1. The van der Waals surface area contributed by atoms with E-state index in [1.165, 1.54) is 11.3 Å². The Hall–Kier alpha value is -0.920. The molecule has 1 aromatic heterocycles. The van der Waals surface area contributed by atoms with Crippen molar-refractivity contribution < 1.29 is 14.3 Å². The first-order valence-corrected chi connectivity index (χ1v) is 8.21. The highest BCUT2D eigenvalue weighted by molar-refractivity contribution is 9.11. The lowest BCUT2D eigenvalue weighted by molar-refractivity contribution is -0.130. The summed E-state index contributed by atoms with van der Waals surface area (Å²) in [6, 6.07) is 1.24. The molecular formula is C13H17BrN2O3S. The van der Waals surface area contributed by atoms with E-state index in [4.69, 9.17) is 4.74 Å². The van der Waals surface area contributed by atoms with E-state index in [2.05, 4.69) is 21.2 Å². The average molecular weight is 361 g/mol. The van der Waals surface area contributed by atoms with Gasteiger partial charge < -0.3 is 15.0 Å². The van der Waals surface area contributed by atoms with Crippen LogP contribution in [0.15, 0.2) is 15.2 Å². The Morgan fingerprint density at radius 1 is 1.60 bits per heavy atom. The molecule has 2 rings (SSSR count). The van der Waals surface area contributed by atoms with Gasteiger partial charge in [0.1, 0.15) is 6.04 Å². The average Bonchev–Trinajstić information content (AvgIpc) is 2.90. The summed E-state index contributed by atoms with van der Waals surface area (Å²) in [6.07, 6.45) is 0.866. The third-order valence-corrected chi connectivity index (χ3v) is 4.56. The fraction of sp³-hybridized carbons (Fsp3) is 0.538. The van der Waals surface area contributed by atoms with Gasteiger partial charge in [-0.1, -0.05) is 6.92 Å². The van der Waals surface area contributed by atoms with Crippen LogP contribution in [0.3, 0.4) is 0 Å². The Bertz CT molecular complexity index is 492. The van der Waals surface area contributed by atoms with E-state index in [-0.39, 0.29) is 18.4 Å². The number of carbonyl (C=O) groups is 2. The summed E-state index contributed by atoms with van der Waals surface area (Å²) < 4.78 is 6.25. The third-order valence-electron chi connectivity index (χ3n) is 3.06. The molecule has 110 valence electrons. The fourth-order valence-corrected chi connectivity index (χ4v) is 3.15. The molecule has 0 aliphatic carbocycles.